The highest BCUT2D eigenvalue weighted by molar-refractivity contribution is 6.37. The average molecular weight is 461 g/mol. The fourth-order valence-corrected chi connectivity index (χ4v) is 4.06. The molecule has 0 bridgehead atoms. The molecule has 6 nitrogen and oxygen atoms in total. The van der Waals surface area contributed by atoms with Crippen molar-refractivity contribution >= 4 is 34.7 Å². The third-order valence-corrected chi connectivity index (χ3v) is 5.83. The zero-order valence-electron chi connectivity index (χ0n) is 17.7. The summed E-state index contributed by atoms with van der Waals surface area (Å²) in [5.74, 6) is 0.545. The maximum Gasteiger partial charge on any atom is 0.278 e. The van der Waals surface area contributed by atoms with Crippen molar-refractivity contribution in [3.05, 3.63) is 94.6 Å². The highest BCUT2D eigenvalue weighted by Gasteiger charge is 2.39. The standard InChI is InChI=1S/C26H21ClN2O4/c27-19-8-6-18(7-9-19)23-24(28-20-10-11-21-22(16-20)33-15-14-32-21)26(31)29(25(23)30)13-12-17-4-2-1-3-5-17/h1-11,16,28H,12-15H2. The normalized spacial score (nSPS) is 15.2. The Balaban J connectivity index is 1.47. The van der Waals surface area contributed by atoms with E-state index in [0.29, 0.717) is 53.0 Å². The number of nitrogens with one attached hydrogen (secondary N) is 1. The van der Waals surface area contributed by atoms with Crippen LogP contribution < -0.4 is 14.8 Å². The molecule has 0 radical (unpaired) electrons. The SMILES string of the molecule is O=C1C(Nc2ccc3c(c2)OCCO3)=C(c2ccc(Cl)cc2)C(=O)N1CCc1ccccc1. The largest absolute Gasteiger partial charge is 0.486 e. The molecule has 0 spiro atoms. The molecular formula is C26H21ClN2O4. The van der Waals surface area contributed by atoms with Crippen LogP contribution in [0.1, 0.15) is 11.1 Å². The number of halogens is 1. The Kier molecular flexibility index (Phi) is 5.75. The number of carbonyl (C=O) groups excluding carboxylic acids is 2. The average Bonchev–Trinajstić information content (AvgIpc) is 3.07. The Labute approximate surface area is 196 Å². The third kappa shape index (κ3) is 4.30. The topological polar surface area (TPSA) is 67.9 Å². The number of fused-ring (bicyclic) bond motifs is 1. The van der Waals surface area contributed by atoms with E-state index in [1.807, 2.05) is 30.3 Å². The summed E-state index contributed by atoms with van der Waals surface area (Å²) in [7, 11) is 0. The molecule has 7 heteroatoms. The van der Waals surface area contributed by atoms with E-state index in [9.17, 15) is 9.59 Å². The van der Waals surface area contributed by atoms with Gasteiger partial charge in [-0.25, -0.2) is 0 Å². The summed E-state index contributed by atoms with van der Waals surface area (Å²) in [4.78, 5) is 28.1. The molecule has 2 aliphatic rings. The lowest BCUT2D eigenvalue weighted by Gasteiger charge is -2.19. The van der Waals surface area contributed by atoms with Gasteiger partial charge in [-0.3, -0.25) is 14.5 Å². The molecular weight excluding hydrogens is 440 g/mol. The predicted octanol–water partition coefficient (Wildman–Crippen LogP) is 4.55. The zero-order chi connectivity index (χ0) is 22.8. The van der Waals surface area contributed by atoms with Crippen LogP contribution in [0.15, 0.2) is 78.5 Å². The van der Waals surface area contributed by atoms with Gasteiger partial charge < -0.3 is 14.8 Å². The van der Waals surface area contributed by atoms with Gasteiger partial charge in [0, 0.05) is 23.3 Å². The summed E-state index contributed by atoms with van der Waals surface area (Å²) in [6, 6.07) is 22.0. The van der Waals surface area contributed by atoms with Gasteiger partial charge in [-0.15, -0.1) is 0 Å². The van der Waals surface area contributed by atoms with Gasteiger partial charge in [-0.2, -0.15) is 0 Å². The first-order chi connectivity index (χ1) is 16.1. The summed E-state index contributed by atoms with van der Waals surface area (Å²) in [6.45, 7) is 1.24. The van der Waals surface area contributed by atoms with Crippen molar-refractivity contribution in [1.82, 2.24) is 4.90 Å². The first kappa shape index (κ1) is 21.1. The highest BCUT2D eigenvalue weighted by Crippen LogP contribution is 2.35. The van der Waals surface area contributed by atoms with Gasteiger partial charge in [0.1, 0.15) is 18.9 Å². The predicted molar refractivity (Wildman–Crippen MR) is 126 cm³/mol. The van der Waals surface area contributed by atoms with Gasteiger partial charge in [0.25, 0.3) is 11.8 Å². The Morgan fingerprint density at radius 2 is 1.58 bits per heavy atom. The van der Waals surface area contributed by atoms with E-state index < -0.39 is 0 Å². The van der Waals surface area contributed by atoms with E-state index in [1.54, 1.807) is 42.5 Å². The number of ether oxygens (including phenoxy) is 2. The number of carbonyl (C=O) groups is 2. The molecule has 2 aliphatic heterocycles. The van der Waals surface area contributed by atoms with E-state index in [-0.39, 0.29) is 24.1 Å². The maximum atomic E-state index is 13.4. The van der Waals surface area contributed by atoms with Crippen LogP contribution in [0.4, 0.5) is 5.69 Å². The minimum atomic E-state index is -0.365. The van der Waals surface area contributed by atoms with E-state index >= 15 is 0 Å². The van der Waals surface area contributed by atoms with Crippen LogP contribution in [0.2, 0.25) is 5.02 Å². The van der Waals surface area contributed by atoms with Crippen LogP contribution in [0, 0.1) is 0 Å². The Morgan fingerprint density at radius 1 is 0.848 bits per heavy atom. The number of hydrogen-bond acceptors (Lipinski definition) is 5. The fourth-order valence-electron chi connectivity index (χ4n) is 3.93. The molecule has 2 heterocycles. The van der Waals surface area contributed by atoms with Crippen molar-refractivity contribution in [2.75, 3.05) is 25.1 Å². The molecule has 1 N–H and O–H groups in total. The molecule has 0 unspecified atom stereocenters. The van der Waals surface area contributed by atoms with Crippen molar-refractivity contribution in [2.45, 2.75) is 6.42 Å². The fraction of sp³-hybridized carbons (Fsp3) is 0.154. The zero-order valence-corrected chi connectivity index (χ0v) is 18.5. The number of amides is 2. The maximum absolute atomic E-state index is 13.4. The minimum Gasteiger partial charge on any atom is -0.486 e. The molecule has 0 fully saturated rings. The van der Waals surface area contributed by atoms with Crippen molar-refractivity contribution in [3.8, 4) is 11.5 Å². The number of benzene rings is 3. The molecule has 3 aromatic carbocycles. The van der Waals surface area contributed by atoms with Gasteiger partial charge in [-0.05, 0) is 41.8 Å². The molecule has 166 valence electrons. The van der Waals surface area contributed by atoms with Crippen molar-refractivity contribution < 1.29 is 19.1 Å². The number of nitrogens with zero attached hydrogens (tertiary/aromatic N) is 1. The van der Waals surface area contributed by atoms with Crippen LogP contribution in [0.3, 0.4) is 0 Å². The second-order valence-corrected chi connectivity index (χ2v) is 8.17. The highest BCUT2D eigenvalue weighted by atomic mass is 35.5. The van der Waals surface area contributed by atoms with Crippen molar-refractivity contribution in [1.29, 1.82) is 0 Å². The Hall–Kier alpha value is -3.77. The van der Waals surface area contributed by atoms with Crippen LogP contribution in [-0.2, 0) is 16.0 Å². The van der Waals surface area contributed by atoms with Crippen LogP contribution >= 0.6 is 11.6 Å². The Bertz CT molecular complexity index is 1240. The molecule has 5 rings (SSSR count). The summed E-state index contributed by atoms with van der Waals surface area (Å²) < 4.78 is 11.2. The lowest BCUT2D eigenvalue weighted by atomic mass is 10.0. The minimum absolute atomic E-state index is 0.229. The third-order valence-electron chi connectivity index (χ3n) is 5.58. The van der Waals surface area contributed by atoms with E-state index in [1.165, 1.54) is 4.90 Å². The van der Waals surface area contributed by atoms with Crippen LogP contribution in [0.25, 0.3) is 5.57 Å². The van der Waals surface area contributed by atoms with Crippen LogP contribution in [0.5, 0.6) is 11.5 Å². The van der Waals surface area contributed by atoms with Gasteiger partial charge in [0.15, 0.2) is 11.5 Å². The molecule has 3 aromatic rings. The van der Waals surface area contributed by atoms with E-state index in [4.69, 9.17) is 21.1 Å². The Morgan fingerprint density at radius 3 is 2.33 bits per heavy atom. The molecule has 0 aromatic heterocycles. The summed E-state index contributed by atoms with van der Waals surface area (Å²) in [5.41, 5.74) is 2.86. The van der Waals surface area contributed by atoms with Gasteiger partial charge in [0.05, 0.1) is 5.57 Å². The molecule has 0 saturated carbocycles. The van der Waals surface area contributed by atoms with E-state index in [2.05, 4.69) is 5.32 Å². The van der Waals surface area contributed by atoms with Gasteiger partial charge >= 0.3 is 0 Å². The van der Waals surface area contributed by atoms with Crippen molar-refractivity contribution in [2.24, 2.45) is 0 Å². The summed E-state index contributed by atoms with van der Waals surface area (Å²) in [6.07, 6.45) is 0.573. The second-order valence-electron chi connectivity index (χ2n) is 7.74. The second kappa shape index (κ2) is 9.00. The number of hydrogen-bond donors (Lipinski definition) is 1. The van der Waals surface area contributed by atoms with E-state index in [0.717, 1.165) is 5.56 Å². The number of rotatable bonds is 6. The smallest absolute Gasteiger partial charge is 0.278 e. The quantitative estimate of drug-likeness (QED) is 0.547. The lowest BCUT2D eigenvalue weighted by Crippen LogP contribution is -2.34. The first-order valence-electron chi connectivity index (χ1n) is 10.7. The lowest BCUT2D eigenvalue weighted by molar-refractivity contribution is -0.136. The summed E-state index contributed by atoms with van der Waals surface area (Å²) >= 11 is 6.04. The summed E-state index contributed by atoms with van der Waals surface area (Å²) in [5, 5.41) is 3.72. The molecule has 0 aliphatic carbocycles. The molecule has 33 heavy (non-hydrogen) atoms. The monoisotopic (exact) mass is 460 g/mol. The van der Waals surface area contributed by atoms with Gasteiger partial charge in [-0.1, -0.05) is 54.1 Å². The number of anilines is 1. The number of imide groups is 1. The van der Waals surface area contributed by atoms with Crippen molar-refractivity contribution in [3.63, 3.8) is 0 Å². The first-order valence-corrected chi connectivity index (χ1v) is 11.0. The molecule has 0 saturated heterocycles. The molecule has 0 atom stereocenters. The van der Waals surface area contributed by atoms with Gasteiger partial charge in [0.2, 0.25) is 0 Å². The molecule has 2 amide bonds. The van der Waals surface area contributed by atoms with Crippen LogP contribution in [-0.4, -0.2) is 36.5 Å².